The summed E-state index contributed by atoms with van der Waals surface area (Å²) in [5.41, 5.74) is 6.66. The van der Waals surface area contributed by atoms with Gasteiger partial charge in [0, 0.05) is 25.5 Å². The zero-order chi connectivity index (χ0) is 13.5. The average molecular weight is 252 g/mol. The molecule has 0 fully saturated rings. The number of benzene rings is 1. The maximum atomic E-state index is 11.4. The molecule has 5 heteroatoms. The Hall–Kier alpha value is -1.75. The molecule has 1 unspecified atom stereocenters. The van der Waals surface area contributed by atoms with Gasteiger partial charge in [0.2, 0.25) is 5.91 Å². The first-order chi connectivity index (χ1) is 8.65. The van der Waals surface area contributed by atoms with Crippen molar-refractivity contribution >= 4 is 5.91 Å². The first kappa shape index (κ1) is 14.3. The predicted octanol–water partition coefficient (Wildman–Crippen LogP) is 0.882. The Labute approximate surface area is 107 Å². The highest BCUT2D eigenvalue weighted by atomic mass is 16.5. The SMILES string of the molecule is CNC(=O)CC(CN)c1ccc(OC)cc1OC. The van der Waals surface area contributed by atoms with E-state index >= 15 is 0 Å². The van der Waals surface area contributed by atoms with Crippen molar-refractivity contribution < 1.29 is 14.3 Å². The van der Waals surface area contributed by atoms with Crippen LogP contribution in [-0.4, -0.2) is 33.7 Å². The van der Waals surface area contributed by atoms with Gasteiger partial charge in [0.1, 0.15) is 11.5 Å². The van der Waals surface area contributed by atoms with E-state index in [0.29, 0.717) is 24.5 Å². The Kier molecular flexibility index (Phi) is 5.45. The third kappa shape index (κ3) is 3.37. The maximum Gasteiger partial charge on any atom is 0.220 e. The van der Waals surface area contributed by atoms with E-state index in [1.165, 1.54) is 0 Å². The highest BCUT2D eigenvalue weighted by Gasteiger charge is 2.18. The Morgan fingerprint density at radius 3 is 2.61 bits per heavy atom. The first-order valence-electron chi connectivity index (χ1n) is 5.78. The standard InChI is InChI=1S/C13H20N2O3/c1-15-13(16)6-9(8-14)11-5-4-10(17-2)7-12(11)18-3/h4-5,7,9H,6,8,14H2,1-3H3,(H,15,16). The number of nitrogens with one attached hydrogen (secondary N) is 1. The van der Waals surface area contributed by atoms with Crippen molar-refractivity contribution in [2.45, 2.75) is 12.3 Å². The van der Waals surface area contributed by atoms with Crippen LogP contribution in [0.15, 0.2) is 18.2 Å². The van der Waals surface area contributed by atoms with E-state index < -0.39 is 0 Å². The number of amides is 1. The number of hydrogen-bond donors (Lipinski definition) is 2. The average Bonchev–Trinajstić information content (AvgIpc) is 2.43. The Morgan fingerprint density at radius 1 is 1.39 bits per heavy atom. The van der Waals surface area contributed by atoms with Crippen LogP contribution in [0, 0.1) is 0 Å². The molecule has 1 atom stereocenters. The predicted molar refractivity (Wildman–Crippen MR) is 70.0 cm³/mol. The van der Waals surface area contributed by atoms with Crippen LogP contribution >= 0.6 is 0 Å². The van der Waals surface area contributed by atoms with Crippen molar-refractivity contribution in [2.24, 2.45) is 5.73 Å². The van der Waals surface area contributed by atoms with Crippen LogP contribution in [-0.2, 0) is 4.79 Å². The summed E-state index contributed by atoms with van der Waals surface area (Å²) in [6.45, 7) is 0.385. The van der Waals surface area contributed by atoms with E-state index in [-0.39, 0.29) is 11.8 Å². The number of ether oxygens (including phenoxy) is 2. The van der Waals surface area contributed by atoms with Crippen LogP contribution in [0.2, 0.25) is 0 Å². The zero-order valence-corrected chi connectivity index (χ0v) is 11.0. The number of methoxy groups -OCH3 is 2. The highest BCUT2D eigenvalue weighted by Crippen LogP contribution is 2.31. The second-order valence-electron chi connectivity index (χ2n) is 3.92. The van der Waals surface area contributed by atoms with Gasteiger partial charge < -0.3 is 20.5 Å². The third-order valence-electron chi connectivity index (χ3n) is 2.88. The summed E-state index contributed by atoms with van der Waals surface area (Å²) in [5.74, 6) is 1.30. The maximum absolute atomic E-state index is 11.4. The minimum Gasteiger partial charge on any atom is -0.497 e. The second-order valence-corrected chi connectivity index (χ2v) is 3.92. The molecule has 1 rings (SSSR count). The molecule has 100 valence electrons. The van der Waals surface area contributed by atoms with Crippen molar-refractivity contribution in [1.29, 1.82) is 0 Å². The topological polar surface area (TPSA) is 73.6 Å². The fourth-order valence-corrected chi connectivity index (χ4v) is 1.80. The van der Waals surface area contributed by atoms with Crippen LogP contribution in [0.1, 0.15) is 17.9 Å². The van der Waals surface area contributed by atoms with Gasteiger partial charge in [-0.1, -0.05) is 6.07 Å². The molecule has 0 aliphatic rings. The molecule has 0 saturated carbocycles. The summed E-state index contributed by atoms with van der Waals surface area (Å²) in [5, 5.41) is 2.60. The number of hydrogen-bond acceptors (Lipinski definition) is 4. The summed E-state index contributed by atoms with van der Waals surface area (Å²) in [7, 11) is 4.80. The lowest BCUT2D eigenvalue weighted by molar-refractivity contribution is -0.120. The van der Waals surface area contributed by atoms with Gasteiger partial charge in [0.15, 0.2) is 0 Å². The first-order valence-corrected chi connectivity index (χ1v) is 5.78. The molecule has 0 radical (unpaired) electrons. The Balaban J connectivity index is 3.01. The molecule has 0 aliphatic carbocycles. The Morgan fingerprint density at radius 2 is 2.11 bits per heavy atom. The van der Waals surface area contributed by atoms with E-state index in [0.717, 1.165) is 5.56 Å². The van der Waals surface area contributed by atoms with Crippen molar-refractivity contribution in [3.8, 4) is 11.5 Å². The molecular weight excluding hydrogens is 232 g/mol. The van der Waals surface area contributed by atoms with Gasteiger partial charge in [0.05, 0.1) is 14.2 Å². The van der Waals surface area contributed by atoms with Gasteiger partial charge >= 0.3 is 0 Å². The van der Waals surface area contributed by atoms with Gasteiger partial charge in [-0.3, -0.25) is 4.79 Å². The van der Waals surface area contributed by atoms with Crippen molar-refractivity contribution in [3.05, 3.63) is 23.8 Å². The number of nitrogens with two attached hydrogens (primary N) is 1. The van der Waals surface area contributed by atoms with E-state index in [1.807, 2.05) is 12.1 Å². The normalized spacial score (nSPS) is 11.8. The molecule has 0 saturated heterocycles. The molecule has 0 spiro atoms. The van der Waals surface area contributed by atoms with Crippen LogP contribution in [0.4, 0.5) is 0 Å². The van der Waals surface area contributed by atoms with E-state index in [9.17, 15) is 4.79 Å². The lowest BCUT2D eigenvalue weighted by Crippen LogP contribution is -2.24. The molecular formula is C13H20N2O3. The molecule has 18 heavy (non-hydrogen) atoms. The van der Waals surface area contributed by atoms with Gasteiger partial charge in [-0.05, 0) is 18.2 Å². The van der Waals surface area contributed by atoms with Crippen LogP contribution < -0.4 is 20.5 Å². The van der Waals surface area contributed by atoms with Crippen molar-refractivity contribution in [2.75, 3.05) is 27.8 Å². The van der Waals surface area contributed by atoms with Crippen molar-refractivity contribution in [3.63, 3.8) is 0 Å². The molecule has 0 heterocycles. The van der Waals surface area contributed by atoms with E-state index in [1.54, 1.807) is 27.3 Å². The van der Waals surface area contributed by atoms with Gasteiger partial charge in [-0.25, -0.2) is 0 Å². The quantitative estimate of drug-likeness (QED) is 0.788. The van der Waals surface area contributed by atoms with Crippen molar-refractivity contribution in [1.82, 2.24) is 5.32 Å². The summed E-state index contributed by atoms with van der Waals surface area (Å²) in [4.78, 5) is 11.4. The van der Waals surface area contributed by atoms with Crippen LogP contribution in [0.3, 0.4) is 0 Å². The molecule has 1 aromatic rings. The minimum atomic E-state index is -0.0641. The van der Waals surface area contributed by atoms with Gasteiger partial charge in [0.25, 0.3) is 0 Å². The summed E-state index contributed by atoms with van der Waals surface area (Å²) >= 11 is 0. The van der Waals surface area contributed by atoms with E-state index in [4.69, 9.17) is 15.2 Å². The van der Waals surface area contributed by atoms with E-state index in [2.05, 4.69) is 5.32 Å². The molecule has 5 nitrogen and oxygen atoms in total. The lowest BCUT2D eigenvalue weighted by atomic mass is 9.94. The zero-order valence-electron chi connectivity index (χ0n) is 11.0. The van der Waals surface area contributed by atoms with Gasteiger partial charge in [-0.2, -0.15) is 0 Å². The number of rotatable bonds is 6. The molecule has 1 aromatic carbocycles. The van der Waals surface area contributed by atoms with Crippen LogP contribution in [0.5, 0.6) is 11.5 Å². The molecule has 0 aromatic heterocycles. The lowest BCUT2D eigenvalue weighted by Gasteiger charge is -2.18. The van der Waals surface area contributed by atoms with Crippen LogP contribution in [0.25, 0.3) is 0 Å². The number of carbonyl (C=O) groups excluding carboxylic acids is 1. The second kappa shape index (κ2) is 6.86. The fraction of sp³-hybridized carbons (Fsp3) is 0.462. The summed E-state index contributed by atoms with van der Waals surface area (Å²) in [6, 6.07) is 5.52. The largest absolute Gasteiger partial charge is 0.497 e. The monoisotopic (exact) mass is 252 g/mol. The molecule has 1 amide bonds. The minimum absolute atomic E-state index is 0.0386. The smallest absolute Gasteiger partial charge is 0.220 e. The summed E-state index contributed by atoms with van der Waals surface area (Å²) in [6.07, 6.45) is 0.343. The molecule has 0 bridgehead atoms. The number of carbonyl (C=O) groups is 1. The summed E-state index contributed by atoms with van der Waals surface area (Å²) < 4.78 is 10.5. The fourth-order valence-electron chi connectivity index (χ4n) is 1.80. The van der Waals surface area contributed by atoms with Gasteiger partial charge in [-0.15, -0.1) is 0 Å². The highest BCUT2D eigenvalue weighted by molar-refractivity contribution is 5.76. The molecule has 3 N–H and O–H groups in total. The Bertz CT molecular complexity index is 407. The molecule has 0 aliphatic heterocycles. The third-order valence-corrected chi connectivity index (χ3v) is 2.88.